The zero-order chi connectivity index (χ0) is 16.9. The van der Waals surface area contributed by atoms with Crippen LogP contribution in [-0.4, -0.2) is 37.7 Å². The van der Waals surface area contributed by atoms with Crippen molar-refractivity contribution in [3.05, 3.63) is 64.1 Å². The molecule has 24 heavy (non-hydrogen) atoms. The van der Waals surface area contributed by atoms with Gasteiger partial charge in [0, 0.05) is 35.2 Å². The monoisotopic (exact) mass is 361 g/mol. The van der Waals surface area contributed by atoms with Crippen LogP contribution < -0.4 is 0 Å². The molecule has 0 radical (unpaired) electrons. The largest absolute Gasteiger partial charge is 0.379 e. The Morgan fingerprint density at radius 1 is 1.08 bits per heavy atom. The fourth-order valence-electron chi connectivity index (χ4n) is 2.80. The van der Waals surface area contributed by atoms with E-state index in [0.29, 0.717) is 10.0 Å². The van der Waals surface area contributed by atoms with Crippen molar-refractivity contribution in [1.82, 2.24) is 4.90 Å². The van der Waals surface area contributed by atoms with Crippen molar-refractivity contribution in [2.24, 2.45) is 0 Å². The molecule has 2 nitrogen and oxygen atoms in total. The van der Waals surface area contributed by atoms with Crippen LogP contribution in [0.1, 0.15) is 12.5 Å². The molecule has 0 aromatic heterocycles. The van der Waals surface area contributed by atoms with E-state index in [9.17, 15) is 0 Å². The third-order valence-corrected chi connectivity index (χ3v) is 4.89. The van der Waals surface area contributed by atoms with Gasteiger partial charge < -0.3 is 4.74 Å². The van der Waals surface area contributed by atoms with Gasteiger partial charge in [-0.05, 0) is 35.8 Å². The van der Waals surface area contributed by atoms with Crippen molar-refractivity contribution >= 4 is 28.8 Å². The number of morpholine rings is 1. The molecule has 1 heterocycles. The Bertz CT molecular complexity index is 719. The topological polar surface area (TPSA) is 12.5 Å². The molecule has 1 aliphatic heterocycles. The van der Waals surface area contributed by atoms with Crippen LogP contribution in [0.3, 0.4) is 0 Å². The van der Waals surface area contributed by atoms with Gasteiger partial charge in [-0.2, -0.15) is 0 Å². The smallest absolute Gasteiger partial charge is 0.0594 e. The summed E-state index contributed by atoms with van der Waals surface area (Å²) in [4.78, 5) is 2.41. The van der Waals surface area contributed by atoms with Crippen LogP contribution in [-0.2, 0) is 4.74 Å². The maximum atomic E-state index is 6.29. The van der Waals surface area contributed by atoms with Gasteiger partial charge in [0.25, 0.3) is 0 Å². The van der Waals surface area contributed by atoms with Gasteiger partial charge in [0.05, 0.1) is 13.2 Å². The highest BCUT2D eigenvalue weighted by molar-refractivity contribution is 6.36. The molecular weight excluding hydrogens is 341 g/mol. The van der Waals surface area contributed by atoms with Gasteiger partial charge in [0.1, 0.15) is 0 Å². The minimum absolute atomic E-state index is 0.655. The first-order chi connectivity index (χ1) is 11.6. The normalized spacial score (nSPS) is 16.4. The van der Waals surface area contributed by atoms with Crippen molar-refractivity contribution in [3.8, 4) is 11.1 Å². The number of nitrogens with zero attached hydrogens (tertiary/aromatic N) is 1. The number of hydrogen-bond donors (Lipinski definition) is 0. The standard InChI is InChI=1S/C20H21Cl2NO/c1-15(8-9-23-10-12-24-13-11-23)16-2-4-17(5-3-16)19-7-6-18(21)14-20(19)22/h2-8,14H,9-13H2,1H3. The van der Waals surface area contributed by atoms with Gasteiger partial charge in [-0.15, -0.1) is 0 Å². The Balaban J connectivity index is 1.71. The van der Waals surface area contributed by atoms with E-state index in [1.54, 1.807) is 6.07 Å². The van der Waals surface area contributed by atoms with Crippen LogP contribution in [0.5, 0.6) is 0 Å². The van der Waals surface area contributed by atoms with Crippen molar-refractivity contribution in [3.63, 3.8) is 0 Å². The fraction of sp³-hybridized carbons (Fsp3) is 0.300. The van der Waals surface area contributed by atoms with Crippen LogP contribution in [0.4, 0.5) is 0 Å². The van der Waals surface area contributed by atoms with Crippen molar-refractivity contribution < 1.29 is 4.74 Å². The maximum absolute atomic E-state index is 6.29. The van der Waals surface area contributed by atoms with Gasteiger partial charge in [0.15, 0.2) is 0 Å². The van der Waals surface area contributed by atoms with E-state index in [1.165, 1.54) is 11.1 Å². The minimum Gasteiger partial charge on any atom is -0.379 e. The van der Waals surface area contributed by atoms with E-state index >= 15 is 0 Å². The predicted molar refractivity (Wildman–Crippen MR) is 103 cm³/mol. The molecule has 0 saturated carbocycles. The van der Waals surface area contributed by atoms with Crippen LogP contribution in [0.25, 0.3) is 16.7 Å². The molecule has 126 valence electrons. The summed E-state index contributed by atoms with van der Waals surface area (Å²) in [7, 11) is 0. The first-order valence-electron chi connectivity index (χ1n) is 8.16. The number of halogens is 2. The highest BCUT2D eigenvalue weighted by atomic mass is 35.5. The number of rotatable bonds is 4. The van der Waals surface area contributed by atoms with Crippen LogP contribution >= 0.6 is 23.2 Å². The summed E-state index contributed by atoms with van der Waals surface area (Å²) in [6.07, 6.45) is 2.29. The number of ether oxygens (including phenoxy) is 1. The van der Waals surface area contributed by atoms with Gasteiger partial charge >= 0.3 is 0 Å². The van der Waals surface area contributed by atoms with Gasteiger partial charge in [-0.1, -0.05) is 59.6 Å². The van der Waals surface area contributed by atoms with Gasteiger partial charge in [0.2, 0.25) is 0 Å². The summed E-state index contributed by atoms with van der Waals surface area (Å²) in [6, 6.07) is 14.1. The highest BCUT2D eigenvalue weighted by Crippen LogP contribution is 2.31. The average molecular weight is 362 g/mol. The molecule has 1 saturated heterocycles. The molecule has 0 unspecified atom stereocenters. The Kier molecular flexibility index (Phi) is 5.96. The zero-order valence-corrected chi connectivity index (χ0v) is 15.3. The van der Waals surface area contributed by atoms with Gasteiger partial charge in [-0.3, -0.25) is 4.90 Å². The molecule has 0 aliphatic carbocycles. The SMILES string of the molecule is CC(=CCN1CCOCC1)c1ccc(-c2ccc(Cl)cc2Cl)cc1. The Morgan fingerprint density at radius 2 is 1.79 bits per heavy atom. The molecule has 4 heteroatoms. The summed E-state index contributed by atoms with van der Waals surface area (Å²) in [6.45, 7) is 6.83. The van der Waals surface area contributed by atoms with E-state index in [1.807, 2.05) is 12.1 Å². The number of allylic oxidation sites excluding steroid dienone is 1. The third-order valence-electron chi connectivity index (χ3n) is 4.34. The lowest BCUT2D eigenvalue weighted by Crippen LogP contribution is -2.36. The number of benzene rings is 2. The summed E-state index contributed by atoms with van der Waals surface area (Å²) < 4.78 is 5.38. The second kappa shape index (κ2) is 8.17. The number of hydrogen-bond acceptors (Lipinski definition) is 2. The molecule has 0 amide bonds. The van der Waals surface area contributed by atoms with Gasteiger partial charge in [-0.25, -0.2) is 0 Å². The van der Waals surface area contributed by atoms with Crippen LogP contribution in [0, 0.1) is 0 Å². The predicted octanol–water partition coefficient (Wildman–Crippen LogP) is 5.40. The van der Waals surface area contributed by atoms with E-state index in [-0.39, 0.29) is 0 Å². The molecular formula is C20H21Cl2NO. The first-order valence-corrected chi connectivity index (χ1v) is 8.92. The minimum atomic E-state index is 0.655. The lowest BCUT2D eigenvalue weighted by molar-refractivity contribution is 0.0435. The highest BCUT2D eigenvalue weighted by Gasteiger charge is 2.09. The Labute approximate surface area is 153 Å². The fourth-order valence-corrected chi connectivity index (χ4v) is 3.32. The molecule has 0 N–H and O–H groups in total. The van der Waals surface area contributed by atoms with E-state index < -0.39 is 0 Å². The molecule has 0 spiro atoms. The molecule has 0 bridgehead atoms. The molecule has 3 rings (SSSR count). The zero-order valence-electron chi connectivity index (χ0n) is 13.8. The maximum Gasteiger partial charge on any atom is 0.0594 e. The summed E-state index contributed by atoms with van der Waals surface area (Å²) in [5.41, 5.74) is 4.62. The first kappa shape index (κ1) is 17.5. The summed E-state index contributed by atoms with van der Waals surface area (Å²) in [5.74, 6) is 0. The lowest BCUT2D eigenvalue weighted by atomic mass is 10.0. The summed E-state index contributed by atoms with van der Waals surface area (Å²) in [5, 5.41) is 1.33. The lowest BCUT2D eigenvalue weighted by Gasteiger charge is -2.25. The van der Waals surface area contributed by atoms with Crippen molar-refractivity contribution in [2.45, 2.75) is 6.92 Å². The average Bonchev–Trinajstić information content (AvgIpc) is 2.61. The second-order valence-electron chi connectivity index (χ2n) is 6.00. The molecule has 2 aromatic rings. The molecule has 0 atom stereocenters. The van der Waals surface area contributed by atoms with Crippen molar-refractivity contribution in [1.29, 1.82) is 0 Å². The third kappa shape index (κ3) is 4.40. The Hall–Kier alpha value is -1.32. The van der Waals surface area contributed by atoms with E-state index in [0.717, 1.165) is 44.0 Å². The molecule has 1 aliphatic rings. The van der Waals surface area contributed by atoms with Crippen LogP contribution in [0.15, 0.2) is 48.5 Å². The van der Waals surface area contributed by atoms with E-state index in [2.05, 4.69) is 42.2 Å². The van der Waals surface area contributed by atoms with Crippen LogP contribution in [0.2, 0.25) is 10.0 Å². The molecule has 2 aromatic carbocycles. The second-order valence-corrected chi connectivity index (χ2v) is 6.85. The molecule has 1 fully saturated rings. The Morgan fingerprint density at radius 3 is 2.46 bits per heavy atom. The van der Waals surface area contributed by atoms with E-state index in [4.69, 9.17) is 27.9 Å². The van der Waals surface area contributed by atoms with Crippen molar-refractivity contribution in [2.75, 3.05) is 32.8 Å². The quantitative estimate of drug-likeness (QED) is 0.723. The summed E-state index contributed by atoms with van der Waals surface area (Å²) >= 11 is 12.3.